The largest absolute Gasteiger partial charge is 0.317 e. The van der Waals surface area contributed by atoms with Crippen LogP contribution < -0.4 is 10.2 Å². The zero-order chi connectivity index (χ0) is 17.8. The second-order valence-corrected chi connectivity index (χ2v) is 8.70. The number of carbonyl (C=O) groups excluding carboxylic acids is 1. The first kappa shape index (κ1) is 18.0. The molecule has 0 unspecified atom stereocenters. The number of nitrogens with zero attached hydrogens (tertiary/aromatic N) is 1. The van der Waals surface area contributed by atoms with Crippen molar-refractivity contribution in [3.63, 3.8) is 0 Å². The third-order valence-electron chi connectivity index (χ3n) is 6.81. The highest BCUT2D eigenvalue weighted by atomic mass is 16.2. The van der Waals surface area contributed by atoms with Gasteiger partial charge >= 0.3 is 0 Å². The second-order valence-electron chi connectivity index (χ2n) is 8.70. The smallest absolute Gasteiger partial charge is 0.227 e. The van der Waals surface area contributed by atoms with Crippen LogP contribution in [0.15, 0.2) is 18.2 Å². The van der Waals surface area contributed by atoms with E-state index in [0.717, 1.165) is 37.6 Å². The van der Waals surface area contributed by atoms with Crippen LogP contribution >= 0.6 is 0 Å². The highest BCUT2D eigenvalue weighted by Gasteiger charge is 2.26. The monoisotopic (exact) mass is 354 g/mol. The summed E-state index contributed by atoms with van der Waals surface area (Å²) in [5.74, 6) is 1.96. The lowest BCUT2D eigenvalue weighted by Gasteiger charge is -2.24. The zero-order valence-corrected chi connectivity index (χ0v) is 16.1. The Morgan fingerprint density at radius 2 is 1.85 bits per heavy atom. The summed E-state index contributed by atoms with van der Waals surface area (Å²) in [6.07, 6.45) is 13.5. The van der Waals surface area contributed by atoms with Crippen molar-refractivity contribution in [3.05, 3.63) is 29.3 Å². The Kier molecular flexibility index (Phi) is 5.94. The van der Waals surface area contributed by atoms with Gasteiger partial charge in [-0.15, -0.1) is 0 Å². The third-order valence-corrected chi connectivity index (χ3v) is 6.81. The standard InChI is InChI=1S/C23H34N2O/c26-23(9-7-18-4-2-1-3-5-18)25-15-12-21-17-20(6-8-22(21)25)16-19-10-13-24-14-11-19/h6,8,17-19,24H,1-5,7,9-16H2. The summed E-state index contributed by atoms with van der Waals surface area (Å²) in [6.45, 7) is 3.22. The summed E-state index contributed by atoms with van der Waals surface area (Å²) in [4.78, 5) is 14.8. The van der Waals surface area contributed by atoms with E-state index < -0.39 is 0 Å². The number of nitrogens with one attached hydrogen (secondary N) is 1. The fourth-order valence-electron chi connectivity index (χ4n) is 5.20. The van der Waals surface area contributed by atoms with Gasteiger partial charge in [-0.2, -0.15) is 0 Å². The Morgan fingerprint density at radius 3 is 2.65 bits per heavy atom. The number of carbonyl (C=O) groups is 1. The number of hydrogen-bond acceptors (Lipinski definition) is 2. The molecule has 1 N–H and O–H groups in total. The molecule has 1 amide bonds. The van der Waals surface area contributed by atoms with Gasteiger partial charge in [-0.05, 0) is 74.2 Å². The molecule has 26 heavy (non-hydrogen) atoms. The van der Waals surface area contributed by atoms with Gasteiger partial charge in [0.2, 0.25) is 5.91 Å². The van der Waals surface area contributed by atoms with Gasteiger partial charge in [-0.3, -0.25) is 4.79 Å². The van der Waals surface area contributed by atoms with Crippen LogP contribution in [0.3, 0.4) is 0 Å². The van der Waals surface area contributed by atoms with Gasteiger partial charge in [0.1, 0.15) is 0 Å². The van der Waals surface area contributed by atoms with Crippen molar-refractivity contribution in [2.24, 2.45) is 11.8 Å². The maximum absolute atomic E-state index is 12.8. The Balaban J connectivity index is 1.33. The van der Waals surface area contributed by atoms with Crippen molar-refractivity contribution < 1.29 is 4.79 Å². The van der Waals surface area contributed by atoms with Gasteiger partial charge in [0.25, 0.3) is 0 Å². The van der Waals surface area contributed by atoms with Gasteiger partial charge in [-0.25, -0.2) is 0 Å². The second kappa shape index (κ2) is 8.56. The van der Waals surface area contributed by atoms with Crippen molar-refractivity contribution in [3.8, 4) is 0 Å². The molecule has 142 valence electrons. The molecule has 4 rings (SSSR count). The van der Waals surface area contributed by atoms with Crippen molar-refractivity contribution in [1.29, 1.82) is 0 Å². The molecule has 0 spiro atoms. The molecule has 0 radical (unpaired) electrons. The molecule has 0 aromatic heterocycles. The minimum Gasteiger partial charge on any atom is -0.317 e. The van der Waals surface area contributed by atoms with Gasteiger partial charge < -0.3 is 10.2 Å². The molecule has 3 nitrogen and oxygen atoms in total. The van der Waals surface area contributed by atoms with Crippen LogP contribution in [-0.2, 0) is 17.6 Å². The third kappa shape index (κ3) is 4.31. The highest BCUT2D eigenvalue weighted by molar-refractivity contribution is 5.95. The molecular formula is C23H34N2O. The topological polar surface area (TPSA) is 32.3 Å². The van der Waals surface area contributed by atoms with Crippen LogP contribution in [-0.4, -0.2) is 25.5 Å². The van der Waals surface area contributed by atoms with Gasteiger partial charge in [-0.1, -0.05) is 44.2 Å². The number of hydrogen-bond donors (Lipinski definition) is 1. The van der Waals surface area contributed by atoms with Crippen LogP contribution in [0.4, 0.5) is 5.69 Å². The van der Waals surface area contributed by atoms with Crippen LogP contribution in [0.5, 0.6) is 0 Å². The van der Waals surface area contributed by atoms with E-state index in [0.29, 0.717) is 5.91 Å². The first-order valence-corrected chi connectivity index (χ1v) is 10.9. The first-order valence-electron chi connectivity index (χ1n) is 10.9. The molecule has 1 aromatic rings. The number of amides is 1. The molecule has 0 bridgehead atoms. The average Bonchev–Trinajstić information content (AvgIpc) is 3.11. The van der Waals surface area contributed by atoms with Crippen LogP contribution in [0.2, 0.25) is 0 Å². The van der Waals surface area contributed by atoms with E-state index >= 15 is 0 Å². The molecule has 2 heterocycles. The predicted octanol–water partition coefficient (Wildman–Crippen LogP) is 4.48. The Hall–Kier alpha value is -1.35. The van der Waals surface area contributed by atoms with E-state index in [4.69, 9.17) is 0 Å². The highest BCUT2D eigenvalue weighted by Crippen LogP contribution is 2.32. The fourth-order valence-corrected chi connectivity index (χ4v) is 5.20. The van der Waals surface area contributed by atoms with Gasteiger partial charge in [0.05, 0.1) is 0 Å². The van der Waals surface area contributed by atoms with E-state index in [2.05, 4.69) is 28.4 Å². The van der Waals surface area contributed by atoms with Crippen LogP contribution in [0.1, 0.15) is 68.9 Å². The van der Waals surface area contributed by atoms with Crippen molar-refractivity contribution in [1.82, 2.24) is 5.32 Å². The maximum atomic E-state index is 12.8. The van der Waals surface area contributed by atoms with Gasteiger partial charge in [0.15, 0.2) is 0 Å². The minimum atomic E-state index is 0.348. The lowest BCUT2D eigenvalue weighted by atomic mass is 9.86. The number of fused-ring (bicyclic) bond motifs is 1. The molecule has 1 saturated carbocycles. The molecule has 3 heteroatoms. The van der Waals surface area contributed by atoms with E-state index in [-0.39, 0.29) is 0 Å². The summed E-state index contributed by atoms with van der Waals surface area (Å²) in [6, 6.07) is 6.87. The lowest BCUT2D eigenvalue weighted by Crippen LogP contribution is -2.29. The fraction of sp³-hybridized carbons (Fsp3) is 0.696. The summed E-state index contributed by atoms with van der Waals surface area (Å²) < 4.78 is 0. The number of benzene rings is 1. The van der Waals surface area contributed by atoms with E-state index in [1.54, 1.807) is 0 Å². The zero-order valence-electron chi connectivity index (χ0n) is 16.1. The lowest BCUT2D eigenvalue weighted by molar-refractivity contribution is -0.118. The summed E-state index contributed by atoms with van der Waals surface area (Å²) >= 11 is 0. The average molecular weight is 355 g/mol. The normalized spacial score (nSPS) is 21.8. The summed E-state index contributed by atoms with van der Waals surface area (Å²) in [5, 5.41) is 3.45. The molecule has 2 fully saturated rings. The quantitative estimate of drug-likeness (QED) is 0.845. The minimum absolute atomic E-state index is 0.348. The van der Waals surface area contributed by atoms with Crippen molar-refractivity contribution in [2.75, 3.05) is 24.5 Å². The predicted molar refractivity (Wildman–Crippen MR) is 108 cm³/mol. The first-order chi connectivity index (χ1) is 12.8. The molecule has 3 aliphatic rings. The molecule has 0 atom stereocenters. The van der Waals surface area contributed by atoms with Crippen molar-refractivity contribution >= 4 is 11.6 Å². The molecule has 1 aromatic carbocycles. The summed E-state index contributed by atoms with van der Waals surface area (Å²) in [7, 11) is 0. The Labute approximate surface area is 158 Å². The molecule has 2 aliphatic heterocycles. The van der Waals surface area contributed by atoms with Crippen LogP contribution in [0.25, 0.3) is 0 Å². The number of anilines is 1. The van der Waals surface area contributed by atoms with E-state index in [1.807, 2.05) is 0 Å². The summed E-state index contributed by atoms with van der Waals surface area (Å²) in [5.41, 5.74) is 4.04. The molecular weight excluding hydrogens is 320 g/mol. The SMILES string of the molecule is O=C(CCC1CCCCC1)N1CCc2cc(CC3CCNCC3)ccc21. The molecule has 1 aliphatic carbocycles. The van der Waals surface area contributed by atoms with Crippen molar-refractivity contribution in [2.45, 2.75) is 70.6 Å². The maximum Gasteiger partial charge on any atom is 0.227 e. The van der Waals surface area contributed by atoms with E-state index in [1.165, 1.54) is 81.3 Å². The Bertz CT molecular complexity index is 615. The van der Waals surface area contributed by atoms with Gasteiger partial charge in [0, 0.05) is 18.7 Å². The molecule has 1 saturated heterocycles. The number of piperidine rings is 1. The Morgan fingerprint density at radius 1 is 1.04 bits per heavy atom. The van der Waals surface area contributed by atoms with E-state index in [9.17, 15) is 4.79 Å². The van der Waals surface area contributed by atoms with Crippen LogP contribution in [0, 0.1) is 11.8 Å². The number of rotatable bonds is 5.